The molecule has 0 aromatic rings. The average molecular weight is 127 g/mol. The molecule has 1 aliphatic carbocycles. The Morgan fingerprint density at radius 1 is 1.67 bits per heavy atom. The van der Waals surface area contributed by atoms with E-state index in [0.29, 0.717) is 5.41 Å². The summed E-state index contributed by atoms with van der Waals surface area (Å²) in [6, 6.07) is 0. The average Bonchev–Trinajstić information content (AvgIpc) is 2.44. The van der Waals surface area contributed by atoms with Crippen LogP contribution in [0.25, 0.3) is 0 Å². The van der Waals surface area contributed by atoms with Crippen LogP contribution in [0, 0.1) is 17.3 Å². The Balaban J connectivity index is 2.42. The Morgan fingerprint density at radius 2 is 2.22 bits per heavy atom. The second kappa shape index (κ2) is 1.98. The van der Waals surface area contributed by atoms with E-state index in [4.69, 9.17) is 5.73 Å². The van der Waals surface area contributed by atoms with Gasteiger partial charge in [0.25, 0.3) is 0 Å². The Hall–Kier alpha value is -0.0400. The Labute approximate surface area is 57.6 Å². The van der Waals surface area contributed by atoms with Gasteiger partial charge in [-0.25, -0.2) is 0 Å². The van der Waals surface area contributed by atoms with Gasteiger partial charge in [-0.2, -0.15) is 0 Å². The summed E-state index contributed by atoms with van der Waals surface area (Å²) in [5, 5.41) is 0. The zero-order chi connectivity index (χ0) is 7.07. The summed E-state index contributed by atoms with van der Waals surface area (Å²) in [6.07, 6.45) is 1.35. The van der Waals surface area contributed by atoms with Gasteiger partial charge in [0.1, 0.15) is 0 Å². The maximum absolute atomic E-state index is 5.55. The molecule has 1 heteroatoms. The molecular formula is C8H17N. The van der Waals surface area contributed by atoms with Crippen molar-refractivity contribution in [3.05, 3.63) is 0 Å². The highest BCUT2D eigenvalue weighted by Gasteiger charge is 2.50. The number of nitrogens with two attached hydrogens (primary N) is 1. The van der Waals surface area contributed by atoms with Crippen LogP contribution in [0.2, 0.25) is 0 Å². The van der Waals surface area contributed by atoms with Crippen LogP contribution < -0.4 is 5.73 Å². The van der Waals surface area contributed by atoms with Crippen LogP contribution in [0.3, 0.4) is 0 Å². The van der Waals surface area contributed by atoms with Crippen molar-refractivity contribution in [3.63, 3.8) is 0 Å². The first-order valence-corrected chi connectivity index (χ1v) is 3.81. The van der Waals surface area contributed by atoms with E-state index in [9.17, 15) is 0 Å². The third kappa shape index (κ3) is 0.983. The number of hydrogen-bond donors (Lipinski definition) is 1. The molecule has 2 atom stereocenters. The lowest BCUT2D eigenvalue weighted by molar-refractivity contribution is 0.360. The first kappa shape index (κ1) is 7.07. The normalized spacial score (nSPS) is 41.7. The predicted molar refractivity (Wildman–Crippen MR) is 40.1 cm³/mol. The van der Waals surface area contributed by atoms with Gasteiger partial charge < -0.3 is 5.73 Å². The monoisotopic (exact) mass is 127 g/mol. The molecule has 2 N–H and O–H groups in total. The molecule has 1 nitrogen and oxygen atoms in total. The van der Waals surface area contributed by atoms with Crippen LogP contribution in [0.15, 0.2) is 0 Å². The van der Waals surface area contributed by atoms with E-state index in [1.807, 2.05) is 0 Å². The van der Waals surface area contributed by atoms with E-state index in [0.717, 1.165) is 18.4 Å². The van der Waals surface area contributed by atoms with Gasteiger partial charge in [-0.05, 0) is 30.2 Å². The lowest BCUT2D eigenvalue weighted by Crippen LogP contribution is -2.13. The van der Waals surface area contributed by atoms with E-state index in [1.165, 1.54) is 6.42 Å². The Bertz CT molecular complexity index is 109. The Morgan fingerprint density at radius 3 is 2.33 bits per heavy atom. The summed E-state index contributed by atoms with van der Waals surface area (Å²) in [7, 11) is 0. The van der Waals surface area contributed by atoms with Gasteiger partial charge in [-0.3, -0.25) is 0 Å². The lowest BCUT2D eigenvalue weighted by Gasteiger charge is -2.14. The fourth-order valence-corrected chi connectivity index (χ4v) is 1.53. The van der Waals surface area contributed by atoms with E-state index < -0.39 is 0 Å². The van der Waals surface area contributed by atoms with Crippen molar-refractivity contribution in [2.75, 3.05) is 6.54 Å². The SMILES string of the molecule is CC(C)C1(C)CC1CN. The minimum atomic E-state index is 0.592. The third-order valence-electron chi connectivity index (χ3n) is 3.06. The van der Waals surface area contributed by atoms with E-state index in [-0.39, 0.29) is 0 Å². The maximum Gasteiger partial charge on any atom is -0.00433 e. The summed E-state index contributed by atoms with van der Waals surface area (Å²) in [5.74, 6) is 1.63. The first-order chi connectivity index (χ1) is 4.11. The minimum absolute atomic E-state index is 0.592. The largest absolute Gasteiger partial charge is 0.330 e. The van der Waals surface area contributed by atoms with Gasteiger partial charge in [-0.15, -0.1) is 0 Å². The van der Waals surface area contributed by atoms with Crippen LogP contribution in [0.4, 0.5) is 0 Å². The molecule has 0 saturated heterocycles. The van der Waals surface area contributed by atoms with Gasteiger partial charge in [-0.1, -0.05) is 20.8 Å². The molecule has 1 aliphatic rings. The maximum atomic E-state index is 5.55. The predicted octanol–water partition coefficient (Wildman–Crippen LogP) is 1.63. The van der Waals surface area contributed by atoms with Crippen LogP contribution >= 0.6 is 0 Å². The summed E-state index contributed by atoms with van der Waals surface area (Å²) in [6.45, 7) is 7.80. The highest BCUT2D eigenvalue weighted by Crippen LogP contribution is 2.56. The zero-order valence-electron chi connectivity index (χ0n) is 6.65. The molecule has 1 rings (SSSR count). The molecule has 1 saturated carbocycles. The standard InChI is InChI=1S/C8H17N/c1-6(2)8(3)4-7(8)5-9/h6-7H,4-5,9H2,1-3H3. The van der Waals surface area contributed by atoms with Gasteiger partial charge in [0.05, 0.1) is 0 Å². The fourth-order valence-electron chi connectivity index (χ4n) is 1.53. The second-order valence-corrected chi connectivity index (χ2v) is 3.80. The summed E-state index contributed by atoms with van der Waals surface area (Å²) < 4.78 is 0. The second-order valence-electron chi connectivity index (χ2n) is 3.80. The fraction of sp³-hybridized carbons (Fsp3) is 1.00. The van der Waals surface area contributed by atoms with Gasteiger partial charge >= 0.3 is 0 Å². The van der Waals surface area contributed by atoms with Crippen molar-refractivity contribution in [2.45, 2.75) is 27.2 Å². The molecule has 0 amide bonds. The molecule has 0 heterocycles. The molecule has 0 aliphatic heterocycles. The van der Waals surface area contributed by atoms with E-state index in [1.54, 1.807) is 0 Å². The Kier molecular flexibility index (Phi) is 1.55. The molecule has 9 heavy (non-hydrogen) atoms. The molecule has 54 valence electrons. The van der Waals surface area contributed by atoms with Gasteiger partial charge in [0.15, 0.2) is 0 Å². The summed E-state index contributed by atoms with van der Waals surface area (Å²) in [5.41, 5.74) is 6.14. The number of rotatable bonds is 2. The third-order valence-corrected chi connectivity index (χ3v) is 3.06. The molecule has 0 aromatic carbocycles. The van der Waals surface area contributed by atoms with Crippen LogP contribution in [0.1, 0.15) is 27.2 Å². The smallest absolute Gasteiger partial charge is 0.00433 e. The van der Waals surface area contributed by atoms with Crippen molar-refractivity contribution >= 4 is 0 Å². The topological polar surface area (TPSA) is 26.0 Å². The molecule has 0 bridgehead atoms. The molecule has 2 unspecified atom stereocenters. The highest BCUT2D eigenvalue weighted by molar-refractivity contribution is 5.00. The lowest BCUT2D eigenvalue weighted by atomic mass is 9.92. The summed E-state index contributed by atoms with van der Waals surface area (Å²) in [4.78, 5) is 0. The highest BCUT2D eigenvalue weighted by atomic mass is 14.7. The number of hydrogen-bond acceptors (Lipinski definition) is 1. The van der Waals surface area contributed by atoms with Crippen LogP contribution in [0.5, 0.6) is 0 Å². The van der Waals surface area contributed by atoms with E-state index >= 15 is 0 Å². The van der Waals surface area contributed by atoms with Gasteiger partial charge in [0.2, 0.25) is 0 Å². The van der Waals surface area contributed by atoms with Crippen molar-refractivity contribution in [2.24, 2.45) is 23.0 Å². The molecule has 1 fully saturated rings. The van der Waals surface area contributed by atoms with Crippen molar-refractivity contribution < 1.29 is 0 Å². The van der Waals surface area contributed by atoms with E-state index in [2.05, 4.69) is 20.8 Å². The van der Waals surface area contributed by atoms with Crippen molar-refractivity contribution in [3.8, 4) is 0 Å². The van der Waals surface area contributed by atoms with Gasteiger partial charge in [0, 0.05) is 0 Å². The minimum Gasteiger partial charge on any atom is -0.330 e. The zero-order valence-corrected chi connectivity index (χ0v) is 6.65. The van der Waals surface area contributed by atoms with Crippen LogP contribution in [-0.2, 0) is 0 Å². The quantitative estimate of drug-likeness (QED) is 0.599. The van der Waals surface area contributed by atoms with Crippen molar-refractivity contribution in [1.29, 1.82) is 0 Å². The van der Waals surface area contributed by atoms with Crippen molar-refractivity contribution in [1.82, 2.24) is 0 Å². The van der Waals surface area contributed by atoms with Crippen LogP contribution in [-0.4, -0.2) is 6.54 Å². The molecule has 0 spiro atoms. The molecule has 0 aromatic heterocycles. The molecule has 0 radical (unpaired) electrons. The summed E-state index contributed by atoms with van der Waals surface area (Å²) >= 11 is 0. The first-order valence-electron chi connectivity index (χ1n) is 3.81. The molecular weight excluding hydrogens is 110 g/mol.